The van der Waals surface area contributed by atoms with Crippen LogP contribution in [-0.4, -0.2) is 25.2 Å². The summed E-state index contributed by atoms with van der Waals surface area (Å²) in [5.41, 5.74) is 1.32. The van der Waals surface area contributed by atoms with Gasteiger partial charge in [0.2, 0.25) is 0 Å². The second kappa shape index (κ2) is 7.09. The highest BCUT2D eigenvalue weighted by molar-refractivity contribution is 9.11. The van der Waals surface area contributed by atoms with Crippen molar-refractivity contribution < 1.29 is 0 Å². The molecule has 0 aromatic heterocycles. The maximum absolute atomic E-state index is 3.71. The predicted octanol–water partition coefficient (Wildman–Crippen LogP) is 4.57. The maximum Gasteiger partial charge on any atom is 0.0514 e. The topological polar surface area (TPSA) is 15.3 Å². The molecule has 0 aliphatic carbocycles. The van der Waals surface area contributed by atoms with Gasteiger partial charge in [0.15, 0.2) is 0 Å². The minimum Gasteiger partial charge on any atom is -0.365 e. The van der Waals surface area contributed by atoms with E-state index in [-0.39, 0.29) is 0 Å². The first-order valence-corrected chi connectivity index (χ1v) is 8.69. The van der Waals surface area contributed by atoms with Crippen molar-refractivity contribution in [1.82, 2.24) is 5.32 Å². The quantitative estimate of drug-likeness (QED) is 0.811. The molecular weight excluding hydrogens is 368 g/mol. The smallest absolute Gasteiger partial charge is 0.0514 e. The summed E-state index contributed by atoms with van der Waals surface area (Å²) < 4.78 is 2.30. The highest BCUT2D eigenvalue weighted by Crippen LogP contribution is 2.32. The molecular formula is C15H22Br2N2. The minimum absolute atomic E-state index is 0.589. The van der Waals surface area contributed by atoms with Crippen molar-refractivity contribution in [1.29, 1.82) is 0 Å². The van der Waals surface area contributed by atoms with Crippen LogP contribution in [0.2, 0.25) is 0 Å². The van der Waals surface area contributed by atoms with Crippen LogP contribution in [-0.2, 0) is 0 Å². The Morgan fingerprint density at radius 3 is 2.74 bits per heavy atom. The average Bonchev–Trinajstić information content (AvgIpc) is 2.39. The molecule has 1 aromatic rings. The van der Waals surface area contributed by atoms with Gasteiger partial charge in [-0.05, 0) is 47.0 Å². The fourth-order valence-corrected chi connectivity index (χ4v) is 4.05. The summed E-state index contributed by atoms with van der Waals surface area (Å²) in [4.78, 5) is 2.56. The molecule has 1 aliphatic rings. The molecule has 1 heterocycles. The molecule has 2 atom stereocenters. The number of hydrogen-bond acceptors (Lipinski definition) is 2. The summed E-state index contributed by atoms with van der Waals surface area (Å²) in [5.74, 6) is 0. The van der Waals surface area contributed by atoms with Crippen molar-refractivity contribution in [3.8, 4) is 0 Å². The van der Waals surface area contributed by atoms with E-state index in [2.05, 4.69) is 74.1 Å². The summed E-state index contributed by atoms with van der Waals surface area (Å²) in [5, 5.41) is 3.69. The van der Waals surface area contributed by atoms with E-state index >= 15 is 0 Å². The van der Waals surface area contributed by atoms with Crippen molar-refractivity contribution in [2.24, 2.45) is 0 Å². The molecule has 0 saturated carbocycles. The van der Waals surface area contributed by atoms with Gasteiger partial charge in [-0.25, -0.2) is 0 Å². The summed E-state index contributed by atoms with van der Waals surface area (Å²) in [7, 11) is 0. The molecule has 1 saturated heterocycles. The third-order valence-corrected chi connectivity index (χ3v) is 4.96. The van der Waals surface area contributed by atoms with Gasteiger partial charge in [0, 0.05) is 34.1 Å². The van der Waals surface area contributed by atoms with Crippen molar-refractivity contribution in [3.05, 3.63) is 27.1 Å². The first-order valence-electron chi connectivity index (χ1n) is 7.10. The van der Waals surface area contributed by atoms with E-state index in [0.29, 0.717) is 12.1 Å². The Kier molecular flexibility index (Phi) is 5.72. The lowest BCUT2D eigenvalue weighted by molar-refractivity contribution is 0.369. The second-order valence-electron chi connectivity index (χ2n) is 5.20. The lowest BCUT2D eigenvalue weighted by Crippen LogP contribution is -2.56. The zero-order chi connectivity index (χ0) is 13.8. The lowest BCUT2D eigenvalue weighted by atomic mass is 10.0. The average molecular weight is 390 g/mol. The fraction of sp³-hybridized carbons (Fsp3) is 0.600. The van der Waals surface area contributed by atoms with E-state index in [1.807, 2.05) is 0 Å². The van der Waals surface area contributed by atoms with Crippen LogP contribution >= 0.6 is 31.9 Å². The number of anilines is 1. The van der Waals surface area contributed by atoms with Crippen LogP contribution in [0.1, 0.15) is 33.1 Å². The molecule has 106 valence electrons. The molecule has 0 amide bonds. The second-order valence-corrected chi connectivity index (χ2v) is 6.97. The van der Waals surface area contributed by atoms with Crippen LogP contribution in [0.4, 0.5) is 5.69 Å². The third-order valence-electron chi connectivity index (χ3n) is 3.83. The van der Waals surface area contributed by atoms with E-state index in [0.717, 1.165) is 17.6 Å². The Hall–Kier alpha value is -0.0600. The molecule has 0 radical (unpaired) electrons. The van der Waals surface area contributed by atoms with Gasteiger partial charge in [-0.15, -0.1) is 0 Å². The molecule has 1 aromatic carbocycles. The monoisotopic (exact) mass is 388 g/mol. The van der Waals surface area contributed by atoms with Gasteiger partial charge in [-0.3, -0.25) is 0 Å². The summed E-state index contributed by atoms with van der Waals surface area (Å²) in [6.45, 7) is 6.72. The first kappa shape index (κ1) is 15.3. The Labute approximate surface area is 133 Å². The first-order chi connectivity index (χ1) is 9.15. The van der Waals surface area contributed by atoms with Crippen LogP contribution < -0.4 is 10.2 Å². The van der Waals surface area contributed by atoms with Crippen LogP contribution in [0.15, 0.2) is 27.1 Å². The zero-order valence-corrected chi connectivity index (χ0v) is 14.8. The minimum atomic E-state index is 0.589. The molecule has 1 N–H and O–H groups in total. The number of hydrogen-bond donors (Lipinski definition) is 1. The molecule has 2 unspecified atom stereocenters. The molecule has 19 heavy (non-hydrogen) atoms. The van der Waals surface area contributed by atoms with E-state index in [9.17, 15) is 0 Å². The highest BCUT2D eigenvalue weighted by Gasteiger charge is 2.27. The third kappa shape index (κ3) is 3.73. The number of nitrogens with one attached hydrogen (secondary N) is 1. The molecule has 2 nitrogen and oxygen atoms in total. The molecule has 1 aliphatic heterocycles. The number of rotatable bonds is 4. The number of halogens is 2. The Balaban J connectivity index is 2.22. The van der Waals surface area contributed by atoms with Gasteiger partial charge in [0.1, 0.15) is 0 Å². The van der Waals surface area contributed by atoms with Crippen molar-refractivity contribution >= 4 is 37.5 Å². The van der Waals surface area contributed by atoms with Crippen LogP contribution in [0.3, 0.4) is 0 Å². The standard InChI is InChI=1S/C15H22Br2N2/c1-3-5-12-10-19(13(4-2)9-18-12)15-7-6-11(16)8-14(15)17/h6-8,12-13,18H,3-5,9-10H2,1-2H3. The van der Waals surface area contributed by atoms with E-state index in [1.54, 1.807) is 0 Å². The number of benzene rings is 1. The van der Waals surface area contributed by atoms with E-state index in [4.69, 9.17) is 0 Å². The van der Waals surface area contributed by atoms with Crippen LogP contribution in [0, 0.1) is 0 Å². The fourth-order valence-electron chi connectivity index (χ4n) is 2.78. The largest absolute Gasteiger partial charge is 0.365 e. The molecule has 4 heteroatoms. The highest BCUT2D eigenvalue weighted by atomic mass is 79.9. The van der Waals surface area contributed by atoms with Gasteiger partial charge in [-0.2, -0.15) is 0 Å². The number of piperazine rings is 1. The molecule has 2 rings (SSSR count). The van der Waals surface area contributed by atoms with Crippen molar-refractivity contribution in [2.75, 3.05) is 18.0 Å². The van der Waals surface area contributed by atoms with Crippen LogP contribution in [0.25, 0.3) is 0 Å². The molecule has 0 bridgehead atoms. The Morgan fingerprint density at radius 2 is 2.11 bits per heavy atom. The van der Waals surface area contributed by atoms with E-state index in [1.165, 1.54) is 29.4 Å². The van der Waals surface area contributed by atoms with E-state index < -0.39 is 0 Å². The van der Waals surface area contributed by atoms with Gasteiger partial charge >= 0.3 is 0 Å². The zero-order valence-electron chi connectivity index (χ0n) is 11.6. The SMILES string of the molecule is CCCC1CN(c2ccc(Br)cc2Br)C(CC)CN1. The number of nitrogens with zero attached hydrogens (tertiary/aromatic N) is 1. The summed E-state index contributed by atoms with van der Waals surface area (Å²) in [6.07, 6.45) is 3.67. The van der Waals surface area contributed by atoms with Gasteiger partial charge < -0.3 is 10.2 Å². The Bertz CT molecular complexity index is 423. The Morgan fingerprint density at radius 1 is 1.32 bits per heavy atom. The molecule has 1 fully saturated rings. The lowest BCUT2D eigenvalue weighted by Gasteiger charge is -2.42. The van der Waals surface area contributed by atoms with Crippen molar-refractivity contribution in [2.45, 2.75) is 45.2 Å². The van der Waals surface area contributed by atoms with Crippen LogP contribution in [0.5, 0.6) is 0 Å². The van der Waals surface area contributed by atoms with Gasteiger partial charge in [-0.1, -0.05) is 36.2 Å². The van der Waals surface area contributed by atoms with Gasteiger partial charge in [0.25, 0.3) is 0 Å². The predicted molar refractivity (Wildman–Crippen MR) is 90.0 cm³/mol. The van der Waals surface area contributed by atoms with Crippen molar-refractivity contribution in [3.63, 3.8) is 0 Å². The maximum atomic E-state index is 3.71. The molecule has 0 spiro atoms. The summed E-state index contributed by atoms with van der Waals surface area (Å²) in [6, 6.07) is 7.68. The summed E-state index contributed by atoms with van der Waals surface area (Å²) >= 11 is 7.23. The normalized spacial score (nSPS) is 23.7. The van der Waals surface area contributed by atoms with Gasteiger partial charge in [0.05, 0.1) is 5.69 Å².